The maximum absolute atomic E-state index is 13.4. The van der Waals surface area contributed by atoms with Crippen molar-refractivity contribution in [1.29, 1.82) is 0 Å². The second kappa shape index (κ2) is 8.81. The molecule has 0 bridgehead atoms. The second-order valence-corrected chi connectivity index (χ2v) is 8.84. The zero-order valence-electron chi connectivity index (χ0n) is 15.5. The third-order valence-corrected chi connectivity index (χ3v) is 6.14. The van der Waals surface area contributed by atoms with E-state index in [0.29, 0.717) is 5.69 Å². The Balaban J connectivity index is 1.64. The van der Waals surface area contributed by atoms with Gasteiger partial charge in [-0.25, -0.2) is 9.02 Å². The van der Waals surface area contributed by atoms with Crippen molar-refractivity contribution in [2.75, 3.05) is 36.9 Å². The Morgan fingerprint density at radius 3 is 2.83 bits per heavy atom. The number of rotatable bonds is 8. The van der Waals surface area contributed by atoms with Gasteiger partial charge < -0.3 is 20.9 Å². The van der Waals surface area contributed by atoms with Crippen LogP contribution in [0.2, 0.25) is 0 Å². The summed E-state index contributed by atoms with van der Waals surface area (Å²) in [4.78, 5) is 0. The molecule has 0 radical (unpaired) electrons. The summed E-state index contributed by atoms with van der Waals surface area (Å²) in [6.07, 6.45) is 0. The third kappa shape index (κ3) is 4.86. The fourth-order valence-corrected chi connectivity index (χ4v) is 4.28. The number of aliphatic hydroxyl groups is 1. The highest BCUT2D eigenvalue weighted by Crippen LogP contribution is 2.26. The summed E-state index contributed by atoms with van der Waals surface area (Å²) in [6.45, 7) is 1.10. The Morgan fingerprint density at radius 2 is 2.20 bits per heavy atom. The first-order valence-electron chi connectivity index (χ1n) is 8.55. The molecule has 2 heterocycles. The molecule has 0 saturated carbocycles. The van der Waals surface area contributed by atoms with Crippen LogP contribution in [0.1, 0.15) is 12.6 Å². The highest BCUT2D eigenvalue weighted by molar-refractivity contribution is 9.10. The molecule has 0 aliphatic carbocycles. The van der Waals surface area contributed by atoms with Gasteiger partial charge in [-0.3, -0.25) is 4.18 Å². The molecule has 1 aliphatic rings. The minimum atomic E-state index is -3.88. The van der Waals surface area contributed by atoms with Gasteiger partial charge in [0.15, 0.2) is 5.69 Å². The molecule has 12 nitrogen and oxygen atoms in total. The van der Waals surface area contributed by atoms with Crippen LogP contribution >= 0.6 is 15.9 Å². The highest BCUT2D eigenvalue weighted by atomic mass is 79.9. The first-order chi connectivity index (χ1) is 14.2. The van der Waals surface area contributed by atoms with E-state index in [4.69, 9.17) is 0 Å². The first-order valence-corrected chi connectivity index (χ1v) is 10.7. The van der Waals surface area contributed by atoms with Crippen molar-refractivity contribution < 1.29 is 31.9 Å². The van der Waals surface area contributed by atoms with Gasteiger partial charge in [0.1, 0.15) is 11.4 Å². The number of anilines is 2. The van der Waals surface area contributed by atoms with Crippen molar-refractivity contribution in [1.82, 2.24) is 14.6 Å². The van der Waals surface area contributed by atoms with Crippen LogP contribution in [0.15, 0.2) is 32.5 Å². The smallest absolute Gasteiger partial charge is 0.338 e. The van der Waals surface area contributed by atoms with E-state index in [1.165, 1.54) is 18.2 Å². The molecule has 0 atom stereocenters. The van der Waals surface area contributed by atoms with Crippen molar-refractivity contribution in [3.63, 3.8) is 0 Å². The summed E-state index contributed by atoms with van der Waals surface area (Å²) in [5, 5.41) is 35.7. The van der Waals surface area contributed by atoms with E-state index >= 15 is 0 Å². The van der Waals surface area contributed by atoms with Crippen LogP contribution in [0.4, 0.5) is 15.9 Å². The van der Waals surface area contributed by atoms with Crippen LogP contribution < -0.4 is 10.6 Å². The van der Waals surface area contributed by atoms with Crippen molar-refractivity contribution in [2.24, 2.45) is 5.16 Å². The van der Waals surface area contributed by atoms with E-state index < -0.39 is 21.7 Å². The standard InChI is InChI=1S/C15H18BrFN6O6S/c1-2-28-30(26,27)23-7-15(24,8-23)6-18-13-12(21-29-22-13)14(20-25)19-9-3-4-11(17)10(16)5-9/h3-5,24-25H,2,6-8H2,1H3,(H,18,22)(H,19,20). The second-order valence-electron chi connectivity index (χ2n) is 6.37. The Bertz CT molecular complexity index is 1040. The van der Waals surface area contributed by atoms with Gasteiger partial charge in [-0.1, -0.05) is 5.16 Å². The zero-order chi connectivity index (χ0) is 21.9. The maximum Gasteiger partial charge on any atom is 0.338 e. The molecular formula is C15H18BrFN6O6S. The number of oxime groups is 1. The third-order valence-electron chi connectivity index (χ3n) is 4.10. The molecule has 0 spiro atoms. The normalized spacial score (nSPS) is 16.9. The van der Waals surface area contributed by atoms with E-state index in [9.17, 15) is 23.1 Å². The Kier molecular flexibility index (Phi) is 6.56. The predicted molar refractivity (Wildman–Crippen MR) is 106 cm³/mol. The van der Waals surface area contributed by atoms with E-state index in [1.54, 1.807) is 6.92 Å². The number of benzene rings is 1. The van der Waals surface area contributed by atoms with Gasteiger partial charge >= 0.3 is 10.3 Å². The van der Waals surface area contributed by atoms with Gasteiger partial charge in [-0.2, -0.15) is 12.7 Å². The molecule has 2 aromatic rings. The van der Waals surface area contributed by atoms with Crippen LogP contribution in [0.5, 0.6) is 0 Å². The number of amidine groups is 1. The molecule has 0 amide bonds. The minimum Gasteiger partial charge on any atom is -0.409 e. The molecular weight excluding hydrogens is 491 g/mol. The number of β-amino-alcohol motifs (C(OH)–C–C–N with tert-alkyl or cyclic N) is 1. The number of halogens is 2. The Labute approximate surface area is 179 Å². The summed E-state index contributed by atoms with van der Waals surface area (Å²) in [5.74, 6) is -0.586. The monoisotopic (exact) mass is 508 g/mol. The Morgan fingerprint density at radius 1 is 1.47 bits per heavy atom. The average Bonchev–Trinajstić information content (AvgIpc) is 3.13. The SMILES string of the molecule is CCOS(=O)(=O)N1CC(O)(CNc2nonc2/C(=N/O)Nc2ccc(F)c(Br)c2)C1. The average molecular weight is 509 g/mol. The van der Waals surface area contributed by atoms with Crippen LogP contribution in [-0.2, 0) is 14.5 Å². The van der Waals surface area contributed by atoms with Crippen molar-refractivity contribution in [3.05, 3.63) is 34.2 Å². The van der Waals surface area contributed by atoms with E-state index in [1.807, 2.05) is 0 Å². The van der Waals surface area contributed by atoms with Crippen LogP contribution in [0, 0.1) is 5.82 Å². The molecule has 1 aliphatic heterocycles. The van der Waals surface area contributed by atoms with Gasteiger partial charge in [0.25, 0.3) is 0 Å². The quantitative estimate of drug-likeness (QED) is 0.175. The topological polar surface area (TPSA) is 162 Å². The minimum absolute atomic E-state index is 0.00954. The van der Waals surface area contributed by atoms with Gasteiger partial charge in [-0.05, 0) is 51.4 Å². The van der Waals surface area contributed by atoms with Crippen LogP contribution in [-0.4, -0.2) is 71.0 Å². The summed E-state index contributed by atoms with van der Waals surface area (Å²) in [5.41, 5.74) is -0.995. The molecule has 30 heavy (non-hydrogen) atoms. The lowest BCUT2D eigenvalue weighted by molar-refractivity contribution is -0.0521. The van der Waals surface area contributed by atoms with Gasteiger partial charge in [0.2, 0.25) is 11.7 Å². The molecule has 3 rings (SSSR count). The van der Waals surface area contributed by atoms with E-state index in [2.05, 4.69) is 50.8 Å². The highest BCUT2D eigenvalue weighted by Gasteiger charge is 2.47. The summed E-state index contributed by atoms with van der Waals surface area (Å²) >= 11 is 3.05. The van der Waals surface area contributed by atoms with Gasteiger partial charge in [0, 0.05) is 25.3 Å². The van der Waals surface area contributed by atoms with Gasteiger partial charge in [0.05, 0.1) is 11.1 Å². The van der Waals surface area contributed by atoms with Crippen LogP contribution in [0.3, 0.4) is 0 Å². The predicted octanol–water partition coefficient (Wildman–Crippen LogP) is 0.959. The van der Waals surface area contributed by atoms with Gasteiger partial charge in [-0.15, -0.1) is 0 Å². The molecule has 1 saturated heterocycles. The fourth-order valence-electron chi connectivity index (χ4n) is 2.65. The molecule has 1 aromatic carbocycles. The van der Waals surface area contributed by atoms with E-state index in [0.717, 1.165) is 4.31 Å². The molecule has 164 valence electrons. The molecule has 1 aromatic heterocycles. The first kappa shape index (κ1) is 22.4. The molecule has 15 heteroatoms. The largest absolute Gasteiger partial charge is 0.409 e. The number of nitrogens with one attached hydrogen (secondary N) is 2. The van der Waals surface area contributed by atoms with E-state index in [-0.39, 0.29) is 48.1 Å². The zero-order valence-corrected chi connectivity index (χ0v) is 17.9. The van der Waals surface area contributed by atoms with Crippen molar-refractivity contribution in [2.45, 2.75) is 12.5 Å². The lowest BCUT2D eigenvalue weighted by atomic mass is 9.97. The molecule has 4 N–H and O–H groups in total. The fraction of sp³-hybridized carbons (Fsp3) is 0.400. The summed E-state index contributed by atoms with van der Waals surface area (Å²) in [7, 11) is -3.88. The number of hydrogen-bond donors (Lipinski definition) is 4. The lowest BCUT2D eigenvalue weighted by Crippen LogP contribution is -2.66. The summed E-state index contributed by atoms with van der Waals surface area (Å²) < 4.78 is 47.5. The number of aromatic nitrogens is 2. The number of nitrogens with zero attached hydrogens (tertiary/aromatic N) is 4. The molecule has 1 fully saturated rings. The van der Waals surface area contributed by atoms with Crippen molar-refractivity contribution in [3.8, 4) is 0 Å². The lowest BCUT2D eigenvalue weighted by Gasteiger charge is -2.44. The van der Waals surface area contributed by atoms with Crippen molar-refractivity contribution >= 4 is 43.6 Å². The number of hydrogen-bond acceptors (Lipinski definition) is 10. The maximum atomic E-state index is 13.4. The molecule has 0 unspecified atom stereocenters. The summed E-state index contributed by atoms with van der Waals surface area (Å²) in [6, 6.07) is 4.04. The Hall–Kier alpha value is -2.33. The van der Waals surface area contributed by atoms with Crippen LogP contribution in [0.25, 0.3) is 0 Å².